The molecule has 6 nitrogen and oxygen atoms in total. The van der Waals surface area contributed by atoms with Gasteiger partial charge in [-0.2, -0.15) is 11.8 Å². The first-order chi connectivity index (χ1) is 9.43. The van der Waals surface area contributed by atoms with Gasteiger partial charge in [-0.15, -0.1) is 0 Å². The van der Waals surface area contributed by atoms with Crippen LogP contribution >= 0.6 is 11.8 Å². The van der Waals surface area contributed by atoms with Crippen LogP contribution in [-0.2, 0) is 0 Å². The van der Waals surface area contributed by atoms with Crippen LogP contribution in [0.15, 0.2) is 6.07 Å². The Labute approximate surface area is 122 Å². The van der Waals surface area contributed by atoms with Gasteiger partial charge in [0.2, 0.25) is 0 Å². The van der Waals surface area contributed by atoms with Gasteiger partial charge in [0.1, 0.15) is 5.69 Å². The van der Waals surface area contributed by atoms with Crippen LogP contribution in [0, 0.1) is 6.92 Å². The minimum Gasteiger partial charge on any atom is -0.477 e. The Morgan fingerprint density at radius 2 is 2.20 bits per heavy atom. The summed E-state index contributed by atoms with van der Waals surface area (Å²) in [5, 5.41) is 14.4. The largest absolute Gasteiger partial charge is 0.477 e. The molecule has 1 aromatic rings. The fraction of sp³-hybridized carbons (Fsp3) is 0.538. The third kappa shape index (κ3) is 5.16. The zero-order chi connectivity index (χ0) is 15.1. The summed E-state index contributed by atoms with van der Waals surface area (Å²) in [6, 6.07) is 1.25. The highest BCUT2D eigenvalue weighted by atomic mass is 32.2. The predicted octanol–water partition coefficient (Wildman–Crippen LogP) is 2.67. The maximum atomic E-state index is 11.8. The van der Waals surface area contributed by atoms with Crippen molar-refractivity contribution in [3.8, 4) is 0 Å². The molecule has 20 heavy (non-hydrogen) atoms. The number of anilines is 1. The number of carbonyl (C=O) groups excluding carboxylic acids is 1. The number of urea groups is 1. The zero-order valence-corrected chi connectivity index (χ0v) is 12.8. The third-order valence-corrected chi connectivity index (χ3v) is 3.62. The van der Waals surface area contributed by atoms with Crippen LogP contribution in [0.2, 0.25) is 0 Å². The molecule has 0 saturated heterocycles. The van der Waals surface area contributed by atoms with Gasteiger partial charge >= 0.3 is 12.0 Å². The number of rotatable bonds is 7. The molecule has 0 saturated carbocycles. The molecular weight excluding hydrogens is 278 g/mol. The van der Waals surface area contributed by atoms with Gasteiger partial charge in [0, 0.05) is 11.7 Å². The highest BCUT2D eigenvalue weighted by molar-refractivity contribution is 7.99. The van der Waals surface area contributed by atoms with Crippen molar-refractivity contribution in [2.75, 3.05) is 16.8 Å². The van der Waals surface area contributed by atoms with Crippen LogP contribution in [0.3, 0.4) is 0 Å². The van der Waals surface area contributed by atoms with Gasteiger partial charge in [0.25, 0.3) is 0 Å². The Morgan fingerprint density at radius 1 is 1.50 bits per heavy atom. The lowest BCUT2D eigenvalue weighted by molar-refractivity contribution is 0.0692. The molecule has 1 aromatic heterocycles. The second kappa shape index (κ2) is 7.84. The Bertz CT molecular complexity index is 473. The van der Waals surface area contributed by atoms with Crippen molar-refractivity contribution < 1.29 is 14.7 Å². The smallest absolute Gasteiger partial charge is 0.354 e. The molecule has 0 bridgehead atoms. The second-order valence-corrected chi connectivity index (χ2v) is 5.93. The number of thioether (sulfide) groups is 1. The molecule has 2 amide bonds. The van der Waals surface area contributed by atoms with E-state index in [0.29, 0.717) is 5.69 Å². The van der Waals surface area contributed by atoms with Crippen LogP contribution < -0.4 is 10.6 Å². The van der Waals surface area contributed by atoms with Crippen LogP contribution in [-0.4, -0.2) is 39.6 Å². The third-order valence-electron chi connectivity index (χ3n) is 2.69. The average molecular weight is 299 g/mol. The molecule has 7 heteroatoms. The number of carbonyl (C=O) groups is 2. The number of aryl methyl sites for hydroxylation is 1. The minimum atomic E-state index is -1.10. The lowest BCUT2D eigenvalue weighted by Crippen LogP contribution is -2.36. The molecule has 0 aliphatic heterocycles. The van der Waals surface area contributed by atoms with Crippen molar-refractivity contribution >= 4 is 29.4 Å². The molecule has 0 aliphatic rings. The van der Waals surface area contributed by atoms with E-state index < -0.39 is 5.97 Å². The molecular formula is C13H21N3O3S. The first-order valence-electron chi connectivity index (χ1n) is 6.52. The van der Waals surface area contributed by atoms with Gasteiger partial charge in [-0.3, -0.25) is 0 Å². The van der Waals surface area contributed by atoms with E-state index in [9.17, 15) is 9.59 Å². The van der Waals surface area contributed by atoms with Gasteiger partial charge in [-0.1, -0.05) is 6.92 Å². The molecule has 0 aromatic carbocycles. The van der Waals surface area contributed by atoms with E-state index in [4.69, 9.17) is 5.11 Å². The molecule has 1 rings (SSSR count). The standard InChI is InChI=1S/C13H21N3O3S/c1-4-20-6-5-8(2)15-13(19)16-10-7-9(3)14-11(10)12(17)18/h7-8,14H,4-6H2,1-3H3,(H,17,18)(H2,15,16,19). The Hall–Kier alpha value is -1.63. The molecule has 0 aliphatic carbocycles. The molecule has 0 fully saturated rings. The fourth-order valence-corrected chi connectivity index (χ4v) is 2.52. The van der Waals surface area contributed by atoms with Crippen LogP contribution in [0.1, 0.15) is 36.5 Å². The van der Waals surface area contributed by atoms with E-state index in [-0.39, 0.29) is 23.5 Å². The van der Waals surface area contributed by atoms with Gasteiger partial charge in [-0.05, 0) is 37.8 Å². The second-order valence-electron chi connectivity index (χ2n) is 4.53. The van der Waals surface area contributed by atoms with E-state index in [2.05, 4.69) is 22.5 Å². The van der Waals surface area contributed by atoms with E-state index in [0.717, 1.165) is 17.9 Å². The number of nitrogens with one attached hydrogen (secondary N) is 3. The van der Waals surface area contributed by atoms with Gasteiger partial charge < -0.3 is 20.7 Å². The van der Waals surface area contributed by atoms with Crippen molar-refractivity contribution in [3.63, 3.8) is 0 Å². The Kier molecular flexibility index (Phi) is 6.44. The summed E-state index contributed by atoms with van der Waals surface area (Å²) in [4.78, 5) is 25.5. The summed E-state index contributed by atoms with van der Waals surface area (Å²) in [7, 11) is 0. The highest BCUT2D eigenvalue weighted by Gasteiger charge is 2.16. The fourth-order valence-electron chi connectivity index (χ4n) is 1.72. The normalized spacial score (nSPS) is 11.9. The average Bonchev–Trinajstić information content (AvgIpc) is 2.70. The van der Waals surface area contributed by atoms with Crippen molar-refractivity contribution in [2.24, 2.45) is 0 Å². The number of H-pyrrole nitrogens is 1. The predicted molar refractivity (Wildman–Crippen MR) is 81.7 cm³/mol. The van der Waals surface area contributed by atoms with E-state index in [1.54, 1.807) is 13.0 Å². The van der Waals surface area contributed by atoms with E-state index >= 15 is 0 Å². The van der Waals surface area contributed by atoms with Crippen molar-refractivity contribution in [2.45, 2.75) is 33.2 Å². The lowest BCUT2D eigenvalue weighted by Gasteiger charge is -2.14. The van der Waals surface area contributed by atoms with E-state index in [1.165, 1.54) is 0 Å². The first-order valence-corrected chi connectivity index (χ1v) is 7.67. The summed E-state index contributed by atoms with van der Waals surface area (Å²) in [5.74, 6) is 0.950. The maximum Gasteiger partial charge on any atom is 0.354 e. The maximum absolute atomic E-state index is 11.8. The Balaban J connectivity index is 2.52. The first kappa shape index (κ1) is 16.4. The molecule has 112 valence electrons. The molecule has 1 atom stereocenters. The highest BCUT2D eigenvalue weighted by Crippen LogP contribution is 2.16. The summed E-state index contributed by atoms with van der Waals surface area (Å²) in [6.07, 6.45) is 0.879. The molecule has 4 N–H and O–H groups in total. The number of hydrogen-bond donors (Lipinski definition) is 4. The van der Waals surface area contributed by atoms with Crippen molar-refractivity contribution in [1.82, 2.24) is 10.3 Å². The van der Waals surface area contributed by atoms with Crippen LogP contribution in [0.25, 0.3) is 0 Å². The quantitative estimate of drug-likeness (QED) is 0.582. The lowest BCUT2D eigenvalue weighted by atomic mass is 10.3. The molecule has 0 spiro atoms. The number of carboxylic acids is 1. The number of aromatic carboxylic acids is 1. The summed E-state index contributed by atoms with van der Waals surface area (Å²) in [6.45, 7) is 5.76. The monoisotopic (exact) mass is 299 g/mol. The summed E-state index contributed by atoms with van der Waals surface area (Å²) < 4.78 is 0. The number of hydrogen-bond acceptors (Lipinski definition) is 3. The Morgan fingerprint density at radius 3 is 2.80 bits per heavy atom. The van der Waals surface area contributed by atoms with Gasteiger partial charge in [-0.25, -0.2) is 9.59 Å². The van der Waals surface area contributed by atoms with Crippen molar-refractivity contribution in [1.29, 1.82) is 0 Å². The molecule has 1 unspecified atom stereocenters. The number of aromatic amines is 1. The zero-order valence-electron chi connectivity index (χ0n) is 11.9. The van der Waals surface area contributed by atoms with E-state index in [1.807, 2.05) is 18.7 Å². The van der Waals surface area contributed by atoms with Crippen LogP contribution in [0.4, 0.5) is 10.5 Å². The summed E-state index contributed by atoms with van der Waals surface area (Å²) >= 11 is 1.82. The minimum absolute atomic E-state index is 0.00755. The number of amides is 2. The summed E-state index contributed by atoms with van der Waals surface area (Å²) in [5.41, 5.74) is 0.958. The van der Waals surface area contributed by atoms with Gasteiger partial charge in [0.05, 0.1) is 5.69 Å². The van der Waals surface area contributed by atoms with Crippen LogP contribution in [0.5, 0.6) is 0 Å². The number of carboxylic acid groups (broad SMARTS) is 1. The molecule has 0 radical (unpaired) electrons. The SMILES string of the molecule is CCSCCC(C)NC(=O)Nc1cc(C)[nH]c1C(=O)O. The van der Waals surface area contributed by atoms with Gasteiger partial charge in [0.15, 0.2) is 0 Å². The topological polar surface area (TPSA) is 94.2 Å². The number of aromatic nitrogens is 1. The molecule has 1 heterocycles. The van der Waals surface area contributed by atoms with Crippen molar-refractivity contribution in [3.05, 3.63) is 17.5 Å².